The van der Waals surface area contributed by atoms with Gasteiger partial charge in [0.25, 0.3) is 5.56 Å². The van der Waals surface area contributed by atoms with Gasteiger partial charge in [-0.2, -0.15) is 0 Å². The van der Waals surface area contributed by atoms with Crippen LogP contribution in [0.3, 0.4) is 0 Å². The highest BCUT2D eigenvalue weighted by atomic mass is 16.7. The van der Waals surface area contributed by atoms with Gasteiger partial charge in [-0.3, -0.25) is 9.59 Å². The maximum absolute atomic E-state index is 11.8. The van der Waals surface area contributed by atoms with E-state index < -0.39 is 11.5 Å². The number of aromatic amines is 1. The van der Waals surface area contributed by atoms with Crippen molar-refractivity contribution in [1.29, 1.82) is 0 Å². The Labute approximate surface area is 124 Å². The summed E-state index contributed by atoms with van der Waals surface area (Å²) in [7, 11) is 0. The van der Waals surface area contributed by atoms with E-state index >= 15 is 0 Å². The lowest BCUT2D eigenvalue weighted by molar-refractivity contribution is -0.136. The maximum atomic E-state index is 11.8. The van der Waals surface area contributed by atoms with Crippen LogP contribution >= 0.6 is 0 Å². The Hall–Kier alpha value is -2.90. The Kier molecular flexibility index (Phi) is 3.73. The molecule has 0 aliphatic carbocycles. The molecule has 2 aromatic rings. The SMILES string of the molecule is O=C(O)CCc1nnc(Cc2ccc3c(c2)OCO3)[nH]c1=O. The number of hydrogen-bond acceptors (Lipinski definition) is 6. The van der Waals surface area contributed by atoms with Gasteiger partial charge in [0, 0.05) is 12.8 Å². The summed E-state index contributed by atoms with van der Waals surface area (Å²) in [5.41, 5.74) is 0.608. The summed E-state index contributed by atoms with van der Waals surface area (Å²) < 4.78 is 10.5. The van der Waals surface area contributed by atoms with E-state index in [9.17, 15) is 9.59 Å². The number of H-pyrrole nitrogens is 1. The minimum atomic E-state index is -0.981. The third-order valence-corrected chi connectivity index (χ3v) is 3.20. The number of nitrogens with one attached hydrogen (secondary N) is 1. The number of aromatic nitrogens is 3. The molecule has 1 aliphatic heterocycles. The summed E-state index contributed by atoms with van der Waals surface area (Å²) in [4.78, 5) is 25.0. The van der Waals surface area contributed by atoms with Crippen LogP contribution in [0, 0.1) is 0 Å². The van der Waals surface area contributed by atoms with Crippen LogP contribution in [-0.4, -0.2) is 33.1 Å². The Morgan fingerprint density at radius 1 is 1.27 bits per heavy atom. The summed E-state index contributed by atoms with van der Waals surface area (Å²) in [6, 6.07) is 5.47. The van der Waals surface area contributed by atoms with Crippen LogP contribution in [0.4, 0.5) is 0 Å². The van der Waals surface area contributed by atoms with Gasteiger partial charge in [-0.1, -0.05) is 6.07 Å². The van der Waals surface area contributed by atoms with Gasteiger partial charge in [-0.25, -0.2) is 0 Å². The Morgan fingerprint density at radius 3 is 2.86 bits per heavy atom. The molecule has 22 heavy (non-hydrogen) atoms. The topological polar surface area (TPSA) is 114 Å². The van der Waals surface area contributed by atoms with Crippen molar-refractivity contribution in [3.63, 3.8) is 0 Å². The highest BCUT2D eigenvalue weighted by Crippen LogP contribution is 2.32. The molecule has 3 rings (SSSR count). The summed E-state index contributed by atoms with van der Waals surface area (Å²) >= 11 is 0. The molecule has 0 amide bonds. The van der Waals surface area contributed by atoms with Crippen LogP contribution in [0.25, 0.3) is 0 Å². The molecule has 0 saturated carbocycles. The van der Waals surface area contributed by atoms with Crippen LogP contribution in [0.15, 0.2) is 23.0 Å². The second-order valence-corrected chi connectivity index (χ2v) is 4.81. The Balaban J connectivity index is 1.74. The smallest absolute Gasteiger partial charge is 0.303 e. The van der Waals surface area contributed by atoms with Crippen molar-refractivity contribution in [2.45, 2.75) is 19.3 Å². The van der Waals surface area contributed by atoms with Crippen molar-refractivity contribution in [2.24, 2.45) is 0 Å². The van der Waals surface area contributed by atoms with Crippen molar-refractivity contribution in [2.75, 3.05) is 6.79 Å². The minimum Gasteiger partial charge on any atom is -0.481 e. The fourth-order valence-corrected chi connectivity index (χ4v) is 2.11. The molecule has 1 aromatic heterocycles. The molecule has 0 unspecified atom stereocenters. The molecule has 0 spiro atoms. The van der Waals surface area contributed by atoms with E-state index in [4.69, 9.17) is 14.6 Å². The van der Waals surface area contributed by atoms with Crippen molar-refractivity contribution in [3.05, 3.63) is 45.6 Å². The minimum absolute atomic E-state index is 0.0575. The van der Waals surface area contributed by atoms with Gasteiger partial charge in [-0.15, -0.1) is 10.2 Å². The number of aliphatic carboxylic acids is 1. The number of carbonyl (C=O) groups is 1. The molecule has 0 fully saturated rings. The zero-order chi connectivity index (χ0) is 15.5. The first-order valence-corrected chi connectivity index (χ1v) is 6.67. The predicted molar refractivity (Wildman–Crippen MR) is 74.0 cm³/mol. The lowest BCUT2D eigenvalue weighted by Crippen LogP contribution is -2.20. The van der Waals surface area contributed by atoms with Gasteiger partial charge >= 0.3 is 5.97 Å². The highest BCUT2D eigenvalue weighted by molar-refractivity contribution is 5.66. The maximum Gasteiger partial charge on any atom is 0.303 e. The summed E-state index contributed by atoms with van der Waals surface area (Å²) in [5.74, 6) is 0.770. The first kappa shape index (κ1) is 14.1. The van der Waals surface area contributed by atoms with Crippen LogP contribution in [0.5, 0.6) is 11.5 Å². The number of ether oxygens (including phenoxy) is 2. The van der Waals surface area contributed by atoms with Crippen molar-refractivity contribution < 1.29 is 19.4 Å². The van der Waals surface area contributed by atoms with Crippen LogP contribution in [-0.2, 0) is 17.6 Å². The van der Waals surface area contributed by atoms with Gasteiger partial charge < -0.3 is 19.6 Å². The van der Waals surface area contributed by atoms with Gasteiger partial charge in [0.1, 0.15) is 11.5 Å². The molecule has 0 bridgehead atoms. The zero-order valence-corrected chi connectivity index (χ0v) is 11.5. The van der Waals surface area contributed by atoms with E-state index in [0.717, 1.165) is 5.56 Å². The first-order valence-electron chi connectivity index (χ1n) is 6.67. The number of hydrogen-bond donors (Lipinski definition) is 2. The molecule has 1 aliphatic rings. The third kappa shape index (κ3) is 3.05. The van der Waals surface area contributed by atoms with Crippen molar-refractivity contribution >= 4 is 5.97 Å². The Morgan fingerprint density at radius 2 is 2.09 bits per heavy atom. The third-order valence-electron chi connectivity index (χ3n) is 3.20. The quantitative estimate of drug-likeness (QED) is 0.826. The van der Waals surface area contributed by atoms with Gasteiger partial charge in [-0.05, 0) is 17.7 Å². The lowest BCUT2D eigenvalue weighted by atomic mass is 10.1. The largest absolute Gasteiger partial charge is 0.481 e. The van der Waals surface area contributed by atoms with Gasteiger partial charge in [0.15, 0.2) is 11.5 Å². The van der Waals surface area contributed by atoms with E-state index in [1.807, 2.05) is 12.1 Å². The van der Waals surface area contributed by atoms with Crippen molar-refractivity contribution in [1.82, 2.24) is 15.2 Å². The average molecular weight is 303 g/mol. The second-order valence-electron chi connectivity index (χ2n) is 4.81. The van der Waals surface area contributed by atoms with Crippen molar-refractivity contribution in [3.8, 4) is 11.5 Å². The molecule has 1 aromatic carbocycles. The van der Waals surface area contributed by atoms with E-state index in [-0.39, 0.29) is 25.3 Å². The van der Waals surface area contributed by atoms with Gasteiger partial charge in [0.2, 0.25) is 6.79 Å². The molecular formula is C14H13N3O5. The molecule has 0 radical (unpaired) electrons. The predicted octanol–water partition coefficient (Wildman–Crippen LogP) is 0.502. The highest BCUT2D eigenvalue weighted by Gasteiger charge is 2.14. The Bertz CT molecular complexity index is 771. The van der Waals surface area contributed by atoms with E-state index in [1.54, 1.807) is 6.07 Å². The van der Waals surface area contributed by atoms with Gasteiger partial charge in [0.05, 0.1) is 6.42 Å². The monoisotopic (exact) mass is 303 g/mol. The average Bonchev–Trinajstić information content (AvgIpc) is 2.94. The summed E-state index contributed by atoms with van der Waals surface area (Å²) in [5, 5.41) is 16.4. The number of fused-ring (bicyclic) bond motifs is 1. The fraction of sp³-hybridized carbons (Fsp3) is 0.286. The first-order chi connectivity index (χ1) is 10.6. The number of benzene rings is 1. The lowest BCUT2D eigenvalue weighted by Gasteiger charge is -2.03. The standard InChI is InChI=1S/C14H13N3O5/c18-13(19)4-2-9-14(20)15-12(17-16-9)6-8-1-3-10-11(5-8)22-7-21-10/h1,3,5H,2,4,6-7H2,(H,18,19)(H,15,17,20). The zero-order valence-electron chi connectivity index (χ0n) is 11.5. The normalized spacial score (nSPS) is 12.4. The number of nitrogens with zero attached hydrogens (tertiary/aromatic N) is 2. The molecule has 8 heteroatoms. The molecule has 0 saturated heterocycles. The van der Waals surface area contributed by atoms with E-state index in [1.165, 1.54) is 0 Å². The number of carboxylic acid groups (broad SMARTS) is 1. The van der Waals surface area contributed by atoms with Crippen LogP contribution in [0.1, 0.15) is 23.5 Å². The second kappa shape index (κ2) is 5.84. The molecular weight excluding hydrogens is 290 g/mol. The molecule has 2 heterocycles. The molecule has 114 valence electrons. The van der Waals surface area contributed by atoms with E-state index in [0.29, 0.717) is 23.7 Å². The number of rotatable bonds is 5. The fourth-order valence-electron chi connectivity index (χ4n) is 2.11. The summed E-state index contributed by atoms with van der Waals surface area (Å²) in [6.45, 7) is 0.202. The molecule has 8 nitrogen and oxygen atoms in total. The van der Waals surface area contributed by atoms with Crippen LogP contribution in [0.2, 0.25) is 0 Å². The number of aryl methyl sites for hydroxylation is 1. The van der Waals surface area contributed by atoms with Crippen LogP contribution < -0.4 is 15.0 Å². The molecule has 2 N–H and O–H groups in total. The molecule has 0 atom stereocenters. The van der Waals surface area contributed by atoms with E-state index in [2.05, 4.69) is 15.2 Å². The summed E-state index contributed by atoms with van der Waals surface area (Å²) in [6.07, 6.45) is 0.291. The number of carboxylic acids is 1.